The van der Waals surface area contributed by atoms with Gasteiger partial charge in [-0.3, -0.25) is 24.5 Å². The fraction of sp³-hybridized carbons (Fsp3) is 0.0909. The minimum atomic E-state index is -0.369. The van der Waals surface area contributed by atoms with E-state index in [1.165, 1.54) is 34.2 Å². The summed E-state index contributed by atoms with van der Waals surface area (Å²) in [6.07, 6.45) is 3.19. The van der Waals surface area contributed by atoms with Crippen LogP contribution in [0.2, 0.25) is 5.02 Å². The van der Waals surface area contributed by atoms with E-state index in [-0.39, 0.29) is 11.5 Å². The lowest BCUT2D eigenvalue weighted by molar-refractivity contribution is 0.102. The van der Waals surface area contributed by atoms with E-state index in [9.17, 15) is 9.59 Å². The molecule has 0 fully saturated rings. The van der Waals surface area contributed by atoms with Gasteiger partial charge in [0.25, 0.3) is 11.5 Å². The van der Waals surface area contributed by atoms with E-state index in [1.54, 1.807) is 18.3 Å². The number of benzene rings is 1. The molecule has 1 aromatic carbocycles. The fourth-order valence-corrected chi connectivity index (χ4v) is 3.88. The Hall–Kier alpha value is -3.29. The molecule has 0 aliphatic carbocycles. The van der Waals surface area contributed by atoms with Crippen LogP contribution in [-0.4, -0.2) is 20.4 Å². The number of pyridine rings is 2. The van der Waals surface area contributed by atoms with E-state index in [0.717, 1.165) is 16.8 Å². The monoisotopic (exact) mass is 436 g/mol. The van der Waals surface area contributed by atoms with E-state index in [1.807, 2.05) is 37.4 Å². The zero-order valence-corrected chi connectivity index (χ0v) is 17.8. The molecule has 0 saturated carbocycles. The Morgan fingerprint density at radius 3 is 2.80 bits per heavy atom. The van der Waals surface area contributed by atoms with Gasteiger partial charge in [0.05, 0.1) is 22.0 Å². The molecule has 0 aliphatic heterocycles. The van der Waals surface area contributed by atoms with E-state index in [2.05, 4.69) is 15.3 Å². The highest BCUT2D eigenvalue weighted by Crippen LogP contribution is 2.26. The van der Waals surface area contributed by atoms with Gasteiger partial charge in [0.15, 0.2) is 5.13 Å². The van der Waals surface area contributed by atoms with Crippen molar-refractivity contribution in [3.05, 3.63) is 92.3 Å². The number of hydrogen-bond acceptors (Lipinski definition) is 5. The molecule has 1 amide bonds. The Balaban J connectivity index is 1.61. The summed E-state index contributed by atoms with van der Waals surface area (Å²) in [4.78, 5) is 33.9. The number of aryl methyl sites for hydroxylation is 2. The summed E-state index contributed by atoms with van der Waals surface area (Å²) in [6, 6.07) is 12.0. The summed E-state index contributed by atoms with van der Waals surface area (Å²) < 4.78 is 1.37. The number of hydrogen-bond donors (Lipinski definition) is 1. The maximum absolute atomic E-state index is 12.8. The molecule has 8 heteroatoms. The lowest BCUT2D eigenvalue weighted by atomic mass is 10.2. The highest BCUT2D eigenvalue weighted by atomic mass is 35.5. The number of rotatable bonds is 4. The van der Waals surface area contributed by atoms with E-state index in [4.69, 9.17) is 11.6 Å². The number of carbonyl (C=O) groups is 1. The molecule has 0 bridgehead atoms. The molecule has 4 aromatic rings. The smallest absolute Gasteiger partial charge is 0.258 e. The van der Waals surface area contributed by atoms with Crippen LogP contribution in [0, 0.1) is 13.8 Å². The first-order valence-electron chi connectivity index (χ1n) is 9.10. The number of aromatic nitrogens is 3. The van der Waals surface area contributed by atoms with Crippen LogP contribution in [0.4, 0.5) is 5.13 Å². The maximum Gasteiger partial charge on any atom is 0.258 e. The third-order valence-corrected chi connectivity index (χ3v) is 5.59. The normalized spacial score (nSPS) is 10.8. The van der Waals surface area contributed by atoms with Gasteiger partial charge < -0.3 is 0 Å². The zero-order chi connectivity index (χ0) is 21.3. The molecule has 0 unspecified atom stereocenters. The molecule has 4 rings (SSSR count). The Bertz CT molecular complexity index is 1310. The van der Waals surface area contributed by atoms with Gasteiger partial charge >= 0.3 is 0 Å². The molecular weight excluding hydrogens is 420 g/mol. The number of thiazole rings is 1. The topological polar surface area (TPSA) is 76.9 Å². The second kappa shape index (κ2) is 8.22. The lowest BCUT2D eigenvalue weighted by Crippen LogP contribution is -2.21. The van der Waals surface area contributed by atoms with Gasteiger partial charge in [0, 0.05) is 23.8 Å². The van der Waals surface area contributed by atoms with Crippen molar-refractivity contribution in [3.8, 4) is 17.1 Å². The van der Waals surface area contributed by atoms with Crippen molar-refractivity contribution < 1.29 is 4.79 Å². The van der Waals surface area contributed by atoms with Gasteiger partial charge in [-0.1, -0.05) is 23.7 Å². The summed E-state index contributed by atoms with van der Waals surface area (Å²) >= 11 is 7.58. The predicted molar refractivity (Wildman–Crippen MR) is 120 cm³/mol. The van der Waals surface area contributed by atoms with Crippen LogP contribution in [-0.2, 0) is 0 Å². The van der Waals surface area contributed by atoms with Crippen LogP contribution in [0.1, 0.15) is 21.5 Å². The molecule has 30 heavy (non-hydrogen) atoms. The molecule has 0 spiro atoms. The second-order valence-electron chi connectivity index (χ2n) is 6.74. The van der Waals surface area contributed by atoms with E-state index >= 15 is 0 Å². The lowest BCUT2D eigenvalue weighted by Gasteiger charge is -2.10. The SMILES string of the molecule is Cc1ccc(Cl)c(-n2cc(C(=O)Nc3nc(-c4ncccc4C)cs3)ccc2=O)c1. The van der Waals surface area contributed by atoms with Crippen molar-refractivity contribution in [3.63, 3.8) is 0 Å². The van der Waals surface area contributed by atoms with Crippen molar-refractivity contribution >= 4 is 34.0 Å². The number of halogens is 1. The number of carbonyl (C=O) groups excluding carboxylic acids is 1. The molecule has 0 saturated heterocycles. The number of anilines is 1. The first-order valence-corrected chi connectivity index (χ1v) is 10.4. The average molecular weight is 437 g/mol. The molecule has 1 N–H and O–H groups in total. The van der Waals surface area contributed by atoms with Gasteiger partial charge in [-0.05, 0) is 49.2 Å². The van der Waals surface area contributed by atoms with Crippen LogP contribution in [0.5, 0.6) is 0 Å². The largest absolute Gasteiger partial charge is 0.298 e. The zero-order valence-electron chi connectivity index (χ0n) is 16.2. The molecule has 3 heterocycles. The number of amides is 1. The Morgan fingerprint density at radius 2 is 2.00 bits per heavy atom. The molecule has 0 radical (unpaired) electrons. The Labute approximate surface area is 181 Å². The average Bonchev–Trinajstić information content (AvgIpc) is 3.18. The minimum Gasteiger partial charge on any atom is -0.298 e. The Morgan fingerprint density at radius 1 is 1.17 bits per heavy atom. The summed E-state index contributed by atoms with van der Waals surface area (Å²) in [5.74, 6) is -0.369. The summed E-state index contributed by atoms with van der Waals surface area (Å²) in [7, 11) is 0. The van der Waals surface area contributed by atoms with Crippen LogP contribution < -0.4 is 10.9 Å². The van der Waals surface area contributed by atoms with Crippen molar-refractivity contribution in [2.75, 3.05) is 5.32 Å². The molecule has 0 atom stereocenters. The highest BCUT2D eigenvalue weighted by Gasteiger charge is 2.14. The molecular formula is C22H17ClN4O2S. The summed E-state index contributed by atoms with van der Waals surface area (Å²) in [6.45, 7) is 3.87. The minimum absolute atomic E-state index is 0.277. The van der Waals surface area contributed by atoms with Gasteiger partial charge in [0.1, 0.15) is 5.69 Å². The Kier molecular flexibility index (Phi) is 5.48. The molecule has 3 aromatic heterocycles. The van der Waals surface area contributed by atoms with Crippen molar-refractivity contribution in [2.45, 2.75) is 13.8 Å². The van der Waals surface area contributed by atoms with Crippen LogP contribution >= 0.6 is 22.9 Å². The standard InChI is InChI=1S/C22H17ClN4O2S/c1-13-5-7-16(23)18(10-13)27-11-15(6-8-19(27)28)21(29)26-22-25-17(12-30-22)20-14(2)4-3-9-24-20/h3-12H,1-2H3,(H,25,26,29). The van der Waals surface area contributed by atoms with Crippen LogP contribution in [0.15, 0.2) is 65.0 Å². The van der Waals surface area contributed by atoms with E-state index in [0.29, 0.717) is 27.1 Å². The van der Waals surface area contributed by atoms with Crippen molar-refractivity contribution in [2.24, 2.45) is 0 Å². The third-order valence-electron chi connectivity index (χ3n) is 4.51. The summed E-state index contributed by atoms with van der Waals surface area (Å²) in [5.41, 5.74) is 4.00. The fourth-order valence-electron chi connectivity index (χ4n) is 2.98. The number of nitrogens with zero attached hydrogens (tertiary/aromatic N) is 3. The van der Waals surface area contributed by atoms with E-state index < -0.39 is 0 Å². The van der Waals surface area contributed by atoms with Crippen molar-refractivity contribution in [1.29, 1.82) is 0 Å². The maximum atomic E-state index is 12.8. The quantitative estimate of drug-likeness (QED) is 0.494. The first-order chi connectivity index (χ1) is 14.4. The van der Waals surface area contributed by atoms with Crippen LogP contribution in [0.3, 0.4) is 0 Å². The van der Waals surface area contributed by atoms with Gasteiger partial charge in [-0.2, -0.15) is 0 Å². The molecule has 0 aliphatic rings. The third kappa shape index (κ3) is 4.03. The van der Waals surface area contributed by atoms with Crippen LogP contribution in [0.25, 0.3) is 17.1 Å². The van der Waals surface area contributed by atoms with Gasteiger partial charge in [0.2, 0.25) is 0 Å². The second-order valence-corrected chi connectivity index (χ2v) is 8.01. The predicted octanol–water partition coefficient (Wildman–Crippen LogP) is 4.88. The molecule has 150 valence electrons. The van der Waals surface area contributed by atoms with Gasteiger partial charge in [-0.15, -0.1) is 11.3 Å². The van der Waals surface area contributed by atoms with Crippen molar-refractivity contribution in [1.82, 2.24) is 14.5 Å². The highest BCUT2D eigenvalue weighted by molar-refractivity contribution is 7.14. The summed E-state index contributed by atoms with van der Waals surface area (Å²) in [5, 5.41) is 5.51. The number of nitrogens with one attached hydrogen (secondary N) is 1. The first kappa shape index (κ1) is 20.0. The van der Waals surface area contributed by atoms with Gasteiger partial charge in [-0.25, -0.2) is 4.98 Å². The molecule has 6 nitrogen and oxygen atoms in total.